The molecule has 1 fully saturated rings. The molecular weight excluding hydrogens is 569 g/mol. The van der Waals surface area contributed by atoms with Crippen molar-refractivity contribution in [1.82, 2.24) is 0 Å². The van der Waals surface area contributed by atoms with Gasteiger partial charge < -0.3 is 0 Å². The van der Waals surface area contributed by atoms with Crippen LogP contribution in [0, 0.1) is 42.3 Å². The maximum absolute atomic E-state index is 7.50. The number of hydrogen-bond donors (Lipinski definition) is 0. The molecule has 3 rings (SSSR count). The predicted octanol–water partition coefficient (Wildman–Crippen LogP) is 7.37. The van der Waals surface area contributed by atoms with E-state index in [2.05, 4.69) is 91.0 Å². The molecule has 0 unspecified atom stereocenters. The van der Waals surface area contributed by atoms with Crippen molar-refractivity contribution < 1.29 is 22.8 Å². The molecular formula is C25H36ClOPRe-. The molecule has 0 atom stereocenters. The van der Waals surface area contributed by atoms with Gasteiger partial charge in [0.15, 0.2) is 0 Å². The van der Waals surface area contributed by atoms with E-state index in [0.29, 0.717) is 0 Å². The molecule has 2 aromatic rings. The molecule has 0 aliphatic heterocycles. The van der Waals surface area contributed by atoms with Crippen LogP contribution in [0.15, 0.2) is 60.7 Å². The number of benzene rings is 2. The fraction of sp³-hybridized carbons (Fsp3) is 0.480. The standard InChI is InChI=1S/C10H20.C8H11P.C6H5.CO.ClH.Re/c1-6-7(2)9(4)10(5)8(6)3;1-9(2)8-6-4-3-5-7-8;1-2-4-6-5-3-1;1-2;;/h6-10H,1-5H3;3-7H,1-2H3;1-5H;;1H;/q;;-1;;;+1/p-1. The van der Waals surface area contributed by atoms with E-state index >= 15 is 0 Å². The maximum atomic E-state index is 7.50. The average molecular weight is 605 g/mol. The normalized spacial score (nSPS) is 24.2. The first-order chi connectivity index (χ1) is 13.9. The van der Waals surface area contributed by atoms with E-state index in [4.69, 9.17) is 14.2 Å². The van der Waals surface area contributed by atoms with Gasteiger partial charge >= 0.3 is 39.0 Å². The topological polar surface area (TPSA) is 19.9 Å². The number of halogens is 1. The van der Waals surface area contributed by atoms with Gasteiger partial charge in [0.1, 0.15) is 0 Å². The van der Waals surface area contributed by atoms with E-state index < -0.39 is 0 Å². The first-order valence-electron chi connectivity index (χ1n) is 9.84. The summed E-state index contributed by atoms with van der Waals surface area (Å²) in [5, 5.41) is 1.48. The molecule has 1 aliphatic carbocycles. The second kappa shape index (κ2) is 19.5. The second-order valence-electron chi connectivity index (χ2n) is 7.60. The quantitative estimate of drug-likeness (QED) is 0.184. The van der Waals surface area contributed by atoms with Crippen LogP contribution >= 0.6 is 17.5 Å². The van der Waals surface area contributed by atoms with E-state index in [1.54, 1.807) is 0 Å². The van der Waals surface area contributed by atoms with Gasteiger partial charge in [0.2, 0.25) is 0 Å². The molecule has 2 aromatic carbocycles. The van der Waals surface area contributed by atoms with Gasteiger partial charge in [-0.05, 0) is 48.2 Å². The minimum Gasteiger partial charge on any atom is -0.184 e. The minimum absolute atomic E-state index is 0.104. The zero-order chi connectivity index (χ0) is 22.8. The Kier molecular flexibility index (Phi) is 20.7. The first-order valence-corrected chi connectivity index (χ1v) is 15.4. The summed E-state index contributed by atoms with van der Waals surface area (Å²) in [5.74, 6) is 4.68. The minimum atomic E-state index is 0.104. The molecule has 0 spiro atoms. The Balaban J connectivity index is 0. The Morgan fingerprint density at radius 3 is 1.21 bits per heavy atom. The Hall–Kier alpha value is -0.438. The Morgan fingerprint density at radius 1 is 0.724 bits per heavy atom. The fourth-order valence-corrected chi connectivity index (χ4v) is 4.23. The largest absolute Gasteiger partial charge is 0.184 e. The van der Waals surface area contributed by atoms with Gasteiger partial charge in [-0.15, -0.1) is 0 Å². The van der Waals surface area contributed by atoms with Crippen LogP contribution in [0.5, 0.6) is 0 Å². The summed E-state index contributed by atoms with van der Waals surface area (Å²) < 4.78 is 7.50. The van der Waals surface area contributed by atoms with E-state index in [1.165, 1.54) is 23.5 Å². The Bertz CT molecular complexity index is 534. The average Bonchev–Trinajstić information content (AvgIpc) is 2.97. The molecule has 0 amide bonds. The first kappa shape index (κ1) is 30.8. The SMILES string of the molecule is CC1C(C)C(C)C(C)C1C.CP(C)c1ccccc1.[C-]#[O+].[Cl][Re].[c-]1ccccc1. The molecule has 162 valence electrons. The van der Waals surface area contributed by atoms with Crippen molar-refractivity contribution >= 4 is 22.8 Å². The van der Waals surface area contributed by atoms with Crippen LogP contribution in [0.2, 0.25) is 0 Å². The van der Waals surface area contributed by atoms with E-state index in [0.717, 1.165) is 29.6 Å². The van der Waals surface area contributed by atoms with Gasteiger partial charge in [0.25, 0.3) is 0 Å². The van der Waals surface area contributed by atoms with Crippen molar-refractivity contribution in [1.29, 1.82) is 0 Å². The van der Waals surface area contributed by atoms with Crippen LogP contribution in [-0.4, -0.2) is 13.3 Å². The summed E-state index contributed by atoms with van der Waals surface area (Å²) >= 11 is 1.19. The zero-order valence-electron chi connectivity index (χ0n) is 18.8. The molecule has 0 aromatic heterocycles. The van der Waals surface area contributed by atoms with Gasteiger partial charge in [0, 0.05) is 0 Å². The van der Waals surface area contributed by atoms with Gasteiger partial charge in [0.05, 0.1) is 0 Å². The molecule has 29 heavy (non-hydrogen) atoms. The summed E-state index contributed by atoms with van der Waals surface area (Å²) in [6.45, 7) is 21.0. The van der Waals surface area contributed by atoms with Crippen molar-refractivity contribution in [3.05, 3.63) is 73.4 Å². The van der Waals surface area contributed by atoms with Crippen molar-refractivity contribution in [2.24, 2.45) is 29.6 Å². The predicted molar refractivity (Wildman–Crippen MR) is 126 cm³/mol. The molecule has 0 heterocycles. The third kappa shape index (κ3) is 12.8. The molecule has 0 saturated heterocycles. The maximum Gasteiger partial charge on any atom is -0.171 e. The van der Waals surface area contributed by atoms with Gasteiger partial charge in [-0.3, -0.25) is 0 Å². The number of hydrogen-bond acceptors (Lipinski definition) is 0. The van der Waals surface area contributed by atoms with Crippen molar-refractivity contribution in [3.63, 3.8) is 0 Å². The van der Waals surface area contributed by atoms with E-state index in [9.17, 15) is 0 Å². The van der Waals surface area contributed by atoms with Crippen molar-refractivity contribution in [2.45, 2.75) is 34.6 Å². The van der Waals surface area contributed by atoms with Gasteiger partial charge in [-0.25, -0.2) is 0 Å². The van der Waals surface area contributed by atoms with Crippen LogP contribution in [0.25, 0.3) is 0 Å². The molecule has 1 saturated carbocycles. The molecule has 0 bridgehead atoms. The monoisotopic (exact) mass is 605 g/mol. The molecule has 1 nitrogen and oxygen atoms in total. The summed E-state index contributed by atoms with van der Waals surface area (Å²) in [6.07, 6.45) is 0. The molecule has 0 radical (unpaired) electrons. The van der Waals surface area contributed by atoms with Crippen LogP contribution < -0.4 is 5.30 Å². The van der Waals surface area contributed by atoms with Crippen LogP contribution in [0.3, 0.4) is 0 Å². The third-order valence-corrected chi connectivity index (χ3v) is 7.36. The third-order valence-electron chi connectivity index (χ3n) is 6.03. The van der Waals surface area contributed by atoms with Crippen molar-refractivity contribution in [3.8, 4) is 0 Å². The summed E-state index contributed by atoms with van der Waals surface area (Å²) in [7, 11) is 4.80. The molecule has 0 N–H and O–H groups in total. The Morgan fingerprint density at radius 2 is 1.03 bits per heavy atom. The zero-order valence-corrected chi connectivity index (χ0v) is 23.1. The Labute approximate surface area is 195 Å². The van der Waals surface area contributed by atoms with Gasteiger partial charge in [-0.1, -0.05) is 72.9 Å². The van der Waals surface area contributed by atoms with Crippen LogP contribution in [-0.2, 0) is 22.8 Å². The number of rotatable bonds is 1. The summed E-state index contributed by atoms with van der Waals surface area (Å²) in [5.41, 5.74) is 0. The van der Waals surface area contributed by atoms with Gasteiger partial charge in [-0.2, -0.15) is 36.4 Å². The summed E-state index contributed by atoms with van der Waals surface area (Å²) in [6, 6.07) is 23.1. The van der Waals surface area contributed by atoms with Crippen LogP contribution in [0.4, 0.5) is 0 Å². The van der Waals surface area contributed by atoms with E-state index in [-0.39, 0.29) is 7.92 Å². The molecule has 4 heteroatoms. The smallest absolute Gasteiger partial charge is 0.171 e. The molecule has 1 aliphatic rings. The van der Waals surface area contributed by atoms with Crippen LogP contribution in [0.1, 0.15) is 34.6 Å². The second-order valence-corrected chi connectivity index (χ2v) is 9.91. The summed E-state index contributed by atoms with van der Waals surface area (Å²) in [4.78, 5) is 0. The van der Waals surface area contributed by atoms with Crippen molar-refractivity contribution in [2.75, 3.05) is 13.3 Å². The fourth-order valence-electron chi connectivity index (χ4n) is 3.46. The van der Waals surface area contributed by atoms with E-state index in [1.807, 2.05) is 30.3 Å².